The molecule has 19 heavy (non-hydrogen) atoms. The molecular weight excluding hydrogens is 326 g/mol. The van der Waals surface area contributed by atoms with E-state index in [-0.39, 0.29) is 0 Å². The Morgan fingerprint density at radius 2 is 1.26 bits per heavy atom. The maximum absolute atomic E-state index is 12.6. The van der Waals surface area contributed by atoms with E-state index in [1.807, 2.05) is 0 Å². The van der Waals surface area contributed by atoms with Gasteiger partial charge in [-0.15, -0.1) is 0 Å². The van der Waals surface area contributed by atoms with Crippen LogP contribution in [0.3, 0.4) is 0 Å². The number of phosphoric acid groups is 1. The van der Waals surface area contributed by atoms with Gasteiger partial charge in [0, 0.05) is 0 Å². The summed E-state index contributed by atoms with van der Waals surface area (Å²) in [5.41, 5.74) is 0. The van der Waals surface area contributed by atoms with E-state index in [9.17, 15) is 44.1 Å². The average Bonchev–Trinajstić information content (AvgIpc) is 1.92. The van der Waals surface area contributed by atoms with Crippen LogP contribution in [0.15, 0.2) is 0 Å². The Bertz CT molecular complexity index is 371. The zero-order valence-corrected chi connectivity index (χ0v) is 9.16. The quantitative estimate of drug-likeness (QED) is 0.601. The summed E-state index contributed by atoms with van der Waals surface area (Å²) in [5, 5.41) is 0. The van der Waals surface area contributed by atoms with E-state index in [0.29, 0.717) is 0 Å². The van der Waals surface area contributed by atoms with Crippen LogP contribution in [0.25, 0.3) is 0 Å². The fourth-order valence-electron chi connectivity index (χ4n) is 0.782. The van der Waals surface area contributed by atoms with Gasteiger partial charge in [0.2, 0.25) is 0 Å². The zero-order valence-electron chi connectivity index (χ0n) is 8.27. The van der Waals surface area contributed by atoms with Crippen molar-refractivity contribution in [1.82, 2.24) is 0 Å². The van der Waals surface area contributed by atoms with Crippen molar-refractivity contribution in [1.29, 1.82) is 0 Å². The van der Waals surface area contributed by atoms with Gasteiger partial charge in [-0.05, 0) is 0 Å². The molecule has 0 saturated heterocycles. The normalized spacial score (nSPS) is 15.7. The minimum absolute atomic E-state index is 2.13. The lowest BCUT2D eigenvalue weighted by Crippen LogP contribution is -2.56. The first-order chi connectivity index (χ1) is 7.91. The summed E-state index contributed by atoms with van der Waals surface area (Å²) >= 11 is 0. The molecule has 0 aromatic heterocycles. The highest BCUT2D eigenvalue weighted by Gasteiger charge is 2.76. The largest absolute Gasteiger partial charge is 0.474 e. The second-order valence-corrected chi connectivity index (χ2v) is 4.33. The third kappa shape index (κ3) is 4.82. The minimum atomic E-state index is -6.80. The van der Waals surface area contributed by atoms with Crippen LogP contribution >= 0.6 is 7.82 Å². The molecule has 0 aliphatic carbocycles. The molecule has 0 aromatic carbocycles. The summed E-state index contributed by atoms with van der Waals surface area (Å²) in [6.45, 7) is 0. The maximum Gasteiger partial charge on any atom is 0.474 e. The van der Waals surface area contributed by atoms with Crippen LogP contribution in [0, 0.1) is 0 Å². The number of hydrogen-bond acceptors (Lipinski definition) is 2. The number of halogens is 9. The van der Waals surface area contributed by atoms with Crippen LogP contribution in [0.1, 0.15) is 6.42 Å². The molecule has 0 rings (SSSR count). The first-order valence-corrected chi connectivity index (χ1v) is 5.41. The lowest BCUT2D eigenvalue weighted by molar-refractivity contribution is -0.386. The number of alkyl halides is 9. The van der Waals surface area contributed by atoms with Crippen molar-refractivity contribution >= 4 is 7.82 Å². The molecule has 0 spiro atoms. The standard InChI is InChI=1S/C5H4F9O4P/c6-2(7,1-3(8,9)10)4(11,12)5(13,14)18-19(15,16)17/h1H2,(H2,15,16,17). The first-order valence-electron chi connectivity index (χ1n) is 3.88. The van der Waals surface area contributed by atoms with Gasteiger partial charge >= 0.3 is 32.0 Å². The SMILES string of the molecule is O=P(O)(O)OC(F)(F)C(F)(F)C(F)(F)CC(F)(F)F. The Balaban J connectivity index is 5.40. The van der Waals surface area contributed by atoms with Gasteiger partial charge in [-0.3, -0.25) is 0 Å². The van der Waals surface area contributed by atoms with Crippen molar-refractivity contribution in [3.8, 4) is 0 Å². The number of phosphoric ester groups is 1. The zero-order chi connectivity index (χ0) is 15.9. The molecule has 4 nitrogen and oxygen atoms in total. The Morgan fingerprint density at radius 1 is 0.895 bits per heavy atom. The van der Waals surface area contributed by atoms with E-state index >= 15 is 0 Å². The van der Waals surface area contributed by atoms with Crippen LogP contribution in [-0.2, 0) is 9.09 Å². The predicted molar refractivity (Wildman–Crippen MR) is 38.6 cm³/mol. The van der Waals surface area contributed by atoms with Crippen LogP contribution in [0.5, 0.6) is 0 Å². The average molecular weight is 330 g/mol. The van der Waals surface area contributed by atoms with E-state index < -0.39 is 38.4 Å². The van der Waals surface area contributed by atoms with Crippen molar-refractivity contribution in [3.63, 3.8) is 0 Å². The second-order valence-electron chi connectivity index (χ2n) is 3.17. The molecule has 0 amide bonds. The van der Waals surface area contributed by atoms with Gasteiger partial charge in [0.25, 0.3) is 0 Å². The summed E-state index contributed by atoms with van der Waals surface area (Å²) in [4.78, 5) is 15.6. The number of hydrogen-bond donors (Lipinski definition) is 2. The molecule has 14 heteroatoms. The molecule has 0 unspecified atom stereocenters. The van der Waals surface area contributed by atoms with Gasteiger partial charge in [0.15, 0.2) is 0 Å². The van der Waals surface area contributed by atoms with Gasteiger partial charge in [0.05, 0.1) is 0 Å². The minimum Gasteiger partial charge on any atom is -0.303 e. The molecule has 116 valence electrons. The van der Waals surface area contributed by atoms with Crippen molar-refractivity contribution in [2.24, 2.45) is 0 Å². The molecule has 2 N–H and O–H groups in total. The fraction of sp³-hybridized carbons (Fsp3) is 1.00. The molecule has 0 saturated carbocycles. The molecule has 0 bridgehead atoms. The highest BCUT2D eigenvalue weighted by Crippen LogP contribution is 2.55. The van der Waals surface area contributed by atoms with Crippen molar-refractivity contribution in [3.05, 3.63) is 0 Å². The highest BCUT2D eigenvalue weighted by atomic mass is 31.2. The van der Waals surface area contributed by atoms with Crippen LogP contribution in [-0.4, -0.2) is 33.9 Å². The van der Waals surface area contributed by atoms with Crippen LogP contribution in [0.4, 0.5) is 39.5 Å². The van der Waals surface area contributed by atoms with Crippen molar-refractivity contribution in [2.75, 3.05) is 0 Å². The summed E-state index contributed by atoms with van der Waals surface area (Å²) < 4.78 is 122. The highest BCUT2D eigenvalue weighted by molar-refractivity contribution is 7.46. The van der Waals surface area contributed by atoms with E-state index in [1.54, 1.807) is 0 Å². The summed E-state index contributed by atoms with van der Waals surface area (Å²) in [5.74, 6) is -13.1. The lowest BCUT2D eigenvalue weighted by Gasteiger charge is -2.32. The summed E-state index contributed by atoms with van der Waals surface area (Å²) in [6.07, 6.45) is -16.1. The van der Waals surface area contributed by atoms with Gasteiger partial charge < -0.3 is 9.79 Å². The van der Waals surface area contributed by atoms with Gasteiger partial charge in [-0.1, -0.05) is 0 Å². The topological polar surface area (TPSA) is 66.8 Å². The van der Waals surface area contributed by atoms with Gasteiger partial charge in [0.1, 0.15) is 6.42 Å². The van der Waals surface area contributed by atoms with Crippen molar-refractivity contribution < 1.29 is 58.4 Å². The van der Waals surface area contributed by atoms with Crippen LogP contribution in [0.2, 0.25) is 0 Å². The Hall–Kier alpha value is -0.520. The summed E-state index contributed by atoms with van der Waals surface area (Å²) in [7, 11) is -6.35. The Kier molecular flexibility index (Phi) is 4.66. The monoisotopic (exact) mass is 330 g/mol. The Labute approximate surface area is 97.9 Å². The van der Waals surface area contributed by atoms with Gasteiger partial charge in [-0.2, -0.15) is 39.5 Å². The second kappa shape index (κ2) is 4.79. The number of rotatable bonds is 5. The lowest BCUT2D eigenvalue weighted by atomic mass is 10.1. The maximum atomic E-state index is 12.6. The Morgan fingerprint density at radius 3 is 1.53 bits per heavy atom. The molecular formula is C5H4F9O4P. The van der Waals surface area contributed by atoms with E-state index in [0.717, 1.165) is 0 Å². The smallest absolute Gasteiger partial charge is 0.303 e. The van der Waals surface area contributed by atoms with E-state index in [2.05, 4.69) is 4.52 Å². The van der Waals surface area contributed by atoms with Crippen molar-refractivity contribution in [2.45, 2.75) is 30.6 Å². The fourth-order valence-corrected chi connectivity index (χ4v) is 1.20. The van der Waals surface area contributed by atoms with E-state index in [4.69, 9.17) is 9.79 Å². The molecule has 0 aliphatic rings. The van der Waals surface area contributed by atoms with E-state index in [1.165, 1.54) is 0 Å². The van der Waals surface area contributed by atoms with Gasteiger partial charge in [-0.25, -0.2) is 9.09 Å². The molecule has 0 aliphatic heterocycles. The molecule has 0 aromatic rings. The molecule has 0 fully saturated rings. The third-order valence-electron chi connectivity index (χ3n) is 1.48. The predicted octanol–water partition coefficient (Wildman–Crippen LogP) is 2.91. The van der Waals surface area contributed by atoms with Crippen LogP contribution < -0.4 is 0 Å². The third-order valence-corrected chi connectivity index (χ3v) is 1.95. The molecule has 0 heterocycles. The molecule has 0 atom stereocenters. The molecule has 0 radical (unpaired) electrons. The first kappa shape index (κ1) is 18.5. The summed E-state index contributed by atoms with van der Waals surface area (Å²) in [6, 6.07) is 0.